The number of nitrogens with zero attached hydrogens (tertiary/aromatic N) is 1. The Bertz CT molecular complexity index is 855. The summed E-state index contributed by atoms with van der Waals surface area (Å²) < 4.78 is 14.5. The lowest BCUT2D eigenvalue weighted by Crippen LogP contribution is -2.37. The number of thiophene rings is 1. The van der Waals surface area contributed by atoms with Gasteiger partial charge in [-0.2, -0.15) is 0 Å². The number of nitrogens with one attached hydrogen (secondary N) is 3. The molecule has 0 atom stereocenters. The second kappa shape index (κ2) is 7.81. The van der Waals surface area contributed by atoms with E-state index in [1.54, 1.807) is 30.5 Å². The molecule has 126 valence electrons. The van der Waals surface area contributed by atoms with Crippen LogP contribution in [0.5, 0.6) is 0 Å². The zero-order valence-corrected chi connectivity index (χ0v) is 15.6. The standard InChI is InChI=1S/C17H18BrFN4S/c1-20-17(23-10-13-3-5-16(18)24-13)21-7-6-11-9-22-15-4-2-12(19)8-14(11)15/h2-5,8-9,22H,6-7,10H2,1H3,(H2,20,21,23). The molecule has 2 heterocycles. The van der Waals surface area contributed by atoms with E-state index in [0.717, 1.165) is 45.7 Å². The number of H-pyrrole nitrogens is 1. The van der Waals surface area contributed by atoms with Crippen LogP contribution in [0, 0.1) is 5.82 Å². The van der Waals surface area contributed by atoms with Crippen molar-refractivity contribution in [2.45, 2.75) is 13.0 Å². The Balaban J connectivity index is 1.53. The van der Waals surface area contributed by atoms with Crippen molar-refractivity contribution in [3.05, 3.63) is 56.6 Å². The maximum absolute atomic E-state index is 13.4. The average Bonchev–Trinajstić information content (AvgIpc) is 3.17. The fraction of sp³-hybridized carbons (Fsp3) is 0.235. The molecule has 0 radical (unpaired) electrons. The molecule has 3 aromatic rings. The molecule has 0 aliphatic heterocycles. The molecule has 4 nitrogen and oxygen atoms in total. The first-order valence-electron chi connectivity index (χ1n) is 7.60. The number of aliphatic imine (C=N–C) groups is 1. The third-order valence-electron chi connectivity index (χ3n) is 3.70. The Kier molecular flexibility index (Phi) is 5.52. The molecule has 0 fully saturated rings. The van der Waals surface area contributed by atoms with E-state index in [1.165, 1.54) is 10.9 Å². The van der Waals surface area contributed by atoms with Crippen LogP contribution in [-0.2, 0) is 13.0 Å². The largest absolute Gasteiger partial charge is 0.361 e. The van der Waals surface area contributed by atoms with Gasteiger partial charge in [-0.15, -0.1) is 11.3 Å². The summed E-state index contributed by atoms with van der Waals surface area (Å²) in [5.41, 5.74) is 2.05. The van der Waals surface area contributed by atoms with Crippen molar-refractivity contribution in [3.8, 4) is 0 Å². The maximum atomic E-state index is 13.4. The van der Waals surface area contributed by atoms with Crippen molar-refractivity contribution in [1.29, 1.82) is 0 Å². The monoisotopic (exact) mass is 408 g/mol. The van der Waals surface area contributed by atoms with Gasteiger partial charge in [-0.05, 0) is 58.2 Å². The summed E-state index contributed by atoms with van der Waals surface area (Å²) in [6.45, 7) is 1.45. The summed E-state index contributed by atoms with van der Waals surface area (Å²) in [4.78, 5) is 8.63. The average molecular weight is 409 g/mol. The molecule has 0 saturated carbocycles. The molecule has 3 N–H and O–H groups in total. The van der Waals surface area contributed by atoms with Gasteiger partial charge in [0.1, 0.15) is 5.82 Å². The third-order valence-corrected chi connectivity index (χ3v) is 5.32. The highest BCUT2D eigenvalue weighted by atomic mass is 79.9. The molecule has 0 amide bonds. The van der Waals surface area contributed by atoms with Gasteiger partial charge in [0.2, 0.25) is 0 Å². The molecule has 0 spiro atoms. The van der Waals surface area contributed by atoms with Crippen molar-refractivity contribution < 1.29 is 4.39 Å². The molecule has 3 rings (SSSR count). The van der Waals surface area contributed by atoms with Gasteiger partial charge in [0.15, 0.2) is 5.96 Å². The number of aromatic amines is 1. The number of hydrogen-bond acceptors (Lipinski definition) is 2. The number of halogens is 2. The SMILES string of the molecule is CN=C(NCCc1c[nH]c2ccc(F)cc12)NCc1ccc(Br)s1. The molecular weight excluding hydrogens is 391 g/mol. The van der Waals surface area contributed by atoms with E-state index in [1.807, 2.05) is 12.3 Å². The molecule has 0 bridgehead atoms. The summed E-state index contributed by atoms with van der Waals surface area (Å²) in [5.74, 6) is 0.543. The minimum absolute atomic E-state index is 0.212. The van der Waals surface area contributed by atoms with Gasteiger partial charge in [-0.3, -0.25) is 4.99 Å². The summed E-state index contributed by atoms with van der Waals surface area (Å²) in [6, 6.07) is 8.92. The van der Waals surface area contributed by atoms with Crippen LogP contribution in [-0.4, -0.2) is 24.5 Å². The number of aromatic nitrogens is 1. The lowest BCUT2D eigenvalue weighted by Gasteiger charge is -2.11. The van der Waals surface area contributed by atoms with E-state index in [4.69, 9.17) is 0 Å². The van der Waals surface area contributed by atoms with Crippen molar-refractivity contribution in [2.24, 2.45) is 4.99 Å². The normalized spacial score (nSPS) is 11.9. The fourth-order valence-electron chi connectivity index (χ4n) is 2.51. The Hall–Kier alpha value is -1.86. The third kappa shape index (κ3) is 4.15. The van der Waals surface area contributed by atoms with Crippen molar-refractivity contribution in [3.63, 3.8) is 0 Å². The molecule has 0 aliphatic rings. The second-order valence-electron chi connectivity index (χ2n) is 5.31. The van der Waals surface area contributed by atoms with Gasteiger partial charge < -0.3 is 15.6 Å². The van der Waals surface area contributed by atoms with Gasteiger partial charge in [0, 0.05) is 35.6 Å². The van der Waals surface area contributed by atoms with Gasteiger partial charge in [0.05, 0.1) is 10.3 Å². The van der Waals surface area contributed by atoms with Gasteiger partial charge in [-0.1, -0.05) is 0 Å². The Morgan fingerprint density at radius 3 is 2.92 bits per heavy atom. The topological polar surface area (TPSA) is 52.2 Å². The van der Waals surface area contributed by atoms with E-state index in [-0.39, 0.29) is 5.82 Å². The van der Waals surface area contributed by atoms with Crippen LogP contribution < -0.4 is 10.6 Å². The highest BCUT2D eigenvalue weighted by molar-refractivity contribution is 9.11. The van der Waals surface area contributed by atoms with Crippen LogP contribution >= 0.6 is 27.3 Å². The zero-order chi connectivity index (χ0) is 16.9. The Morgan fingerprint density at radius 1 is 1.29 bits per heavy atom. The van der Waals surface area contributed by atoms with Crippen LogP contribution in [0.3, 0.4) is 0 Å². The summed E-state index contributed by atoms with van der Waals surface area (Å²) in [7, 11) is 1.75. The predicted octanol–water partition coefficient (Wildman–Crippen LogP) is 4.04. The van der Waals surface area contributed by atoms with Crippen LogP contribution in [0.4, 0.5) is 4.39 Å². The second-order valence-corrected chi connectivity index (χ2v) is 7.86. The number of guanidine groups is 1. The summed E-state index contributed by atoms with van der Waals surface area (Å²) >= 11 is 5.16. The first-order chi connectivity index (χ1) is 11.7. The Morgan fingerprint density at radius 2 is 2.17 bits per heavy atom. The smallest absolute Gasteiger partial charge is 0.191 e. The number of hydrogen-bond donors (Lipinski definition) is 3. The van der Waals surface area contributed by atoms with Gasteiger partial charge in [0.25, 0.3) is 0 Å². The van der Waals surface area contributed by atoms with Crippen LogP contribution in [0.1, 0.15) is 10.4 Å². The summed E-state index contributed by atoms with van der Waals surface area (Å²) in [6.07, 6.45) is 2.72. The summed E-state index contributed by atoms with van der Waals surface area (Å²) in [5, 5.41) is 7.51. The molecule has 0 unspecified atom stereocenters. The van der Waals surface area contributed by atoms with E-state index in [0.29, 0.717) is 0 Å². The van der Waals surface area contributed by atoms with Gasteiger partial charge in [-0.25, -0.2) is 4.39 Å². The maximum Gasteiger partial charge on any atom is 0.191 e. The molecule has 2 aromatic heterocycles. The van der Waals surface area contributed by atoms with Crippen molar-refractivity contribution in [1.82, 2.24) is 15.6 Å². The lowest BCUT2D eigenvalue weighted by molar-refractivity contribution is 0.629. The van der Waals surface area contributed by atoms with Crippen LogP contribution in [0.15, 0.2) is 45.3 Å². The van der Waals surface area contributed by atoms with E-state index < -0.39 is 0 Å². The number of rotatable bonds is 5. The fourth-order valence-corrected chi connectivity index (χ4v) is 3.93. The Labute approximate surface area is 152 Å². The minimum atomic E-state index is -0.212. The molecule has 1 aromatic carbocycles. The van der Waals surface area contributed by atoms with Crippen molar-refractivity contribution >= 4 is 44.1 Å². The van der Waals surface area contributed by atoms with E-state index in [9.17, 15) is 4.39 Å². The quantitative estimate of drug-likeness (QED) is 0.440. The highest BCUT2D eigenvalue weighted by Gasteiger charge is 2.06. The van der Waals surface area contributed by atoms with E-state index in [2.05, 4.69) is 42.6 Å². The minimum Gasteiger partial charge on any atom is -0.361 e. The van der Waals surface area contributed by atoms with Crippen LogP contribution in [0.2, 0.25) is 0 Å². The molecule has 24 heavy (non-hydrogen) atoms. The number of fused-ring (bicyclic) bond motifs is 1. The predicted molar refractivity (Wildman–Crippen MR) is 102 cm³/mol. The number of benzene rings is 1. The van der Waals surface area contributed by atoms with E-state index >= 15 is 0 Å². The van der Waals surface area contributed by atoms with Gasteiger partial charge >= 0.3 is 0 Å². The van der Waals surface area contributed by atoms with Crippen LogP contribution in [0.25, 0.3) is 10.9 Å². The lowest BCUT2D eigenvalue weighted by atomic mass is 10.1. The molecule has 0 saturated heterocycles. The molecular formula is C17H18BrFN4S. The molecule has 0 aliphatic carbocycles. The first-order valence-corrected chi connectivity index (χ1v) is 9.21. The first kappa shape index (κ1) is 17.0. The van der Waals surface area contributed by atoms with Crippen molar-refractivity contribution in [2.75, 3.05) is 13.6 Å². The molecule has 7 heteroatoms. The zero-order valence-electron chi connectivity index (χ0n) is 13.2. The highest BCUT2D eigenvalue weighted by Crippen LogP contribution is 2.22.